The van der Waals surface area contributed by atoms with E-state index in [1.807, 2.05) is 0 Å². The maximum atomic E-state index is 5.31. The fourth-order valence-corrected chi connectivity index (χ4v) is 4.97. The first-order valence-electron chi connectivity index (χ1n) is 2.40. The summed E-state index contributed by atoms with van der Waals surface area (Å²) in [6.07, 6.45) is 0. The summed E-state index contributed by atoms with van der Waals surface area (Å²) in [7, 11) is -1.07. The molecule has 0 atom stereocenters. The molecule has 0 saturated carbocycles. The molecule has 0 aliphatic rings. The molecule has 8 heavy (non-hydrogen) atoms. The standard InChI is InChI=1S/C4H11NS2Si/c1-8(2,3)7-4(5)6/h1-3H3,(H2,5,6). The lowest BCUT2D eigenvalue weighted by molar-refractivity contribution is 1.87. The van der Waals surface area contributed by atoms with E-state index in [1.54, 1.807) is 11.2 Å². The highest BCUT2D eigenvalue weighted by molar-refractivity contribution is 8.43. The van der Waals surface area contributed by atoms with Gasteiger partial charge in [-0.3, -0.25) is 0 Å². The van der Waals surface area contributed by atoms with E-state index in [9.17, 15) is 0 Å². The van der Waals surface area contributed by atoms with Crippen molar-refractivity contribution in [2.24, 2.45) is 5.73 Å². The third-order valence-electron chi connectivity index (χ3n) is 0.407. The summed E-state index contributed by atoms with van der Waals surface area (Å²) >= 11 is 6.38. The minimum absolute atomic E-state index is 0.587. The molecule has 0 spiro atoms. The molecule has 2 N–H and O–H groups in total. The smallest absolute Gasteiger partial charge is 0.125 e. The first kappa shape index (κ1) is 8.46. The zero-order valence-corrected chi connectivity index (χ0v) is 8.03. The maximum absolute atomic E-state index is 5.31. The highest BCUT2D eigenvalue weighted by Crippen LogP contribution is 2.18. The Bertz CT molecular complexity index is 96.7. The Kier molecular flexibility index (Phi) is 3.01. The Hall–Kier alpha value is 0.457. The van der Waals surface area contributed by atoms with Crippen molar-refractivity contribution >= 4 is 35.0 Å². The zero-order valence-electron chi connectivity index (χ0n) is 5.39. The van der Waals surface area contributed by atoms with Gasteiger partial charge in [-0.2, -0.15) is 0 Å². The fourth-order valence-electron chi connectivity index (χ4n) is 0.302. The van der Waals surface area contributed by atoms with Crippen LogP contribution >= 0.6 is 23.4 Å². The molecule has 1 nitrogen and oxygen atoms in total. The Balaban J connectivity index is 3.55. The van der Waals surface area contributed by atoms with E-state index >= 15 is 0 Å². The van der Waals surface area contributed by atoms with Crippen LogP contribution in [0, 0.1) is 0 Å². The van der Waals surface area contributed by atoms with Crippen molar-refractivity contribution in [3.63, 3.8) is 0 Å². The molecule has 0 bridgehead atoms. The van der Waals surface area contributed by atoms with Gasteiger partial charge in [-0.15, -0.1) is 11.2 Å². The molecule has 0 aliphatic carbocycles. The average molecular weight is 165 g/mol. The van der Waals surface area contributed by atoms with Crippen molar-refractivity contribution in [1.82, 2.24) is 0 Å². The first-order valence-corrected chi connectivity index (χ1v) is 7.85. The summed E-state index contributed by atoms with van der Waals surface area (Å²) in [6.45, 7) is 6.66. The molecule has 0 heterocycles. The van der Waals surface area contributed by atoms with Gasteiger partial charge in [0.2, 0.25) is 0 Å². The minimum atomic E-state index is -1.07. The second kappa shape index (κ2) is 2.84. The van der Waals surface area contributed by atoms with E-state index in [4.69, 9.17) is 18.0 Å². The maximum Gasteiger partial charge on any atom is 0.125 e. The normalized spacial score (nSPS) is 11.4. The molecular weight excluding hydrogens is 154 g/mol. The van der Waals surface area contributed by atoms with E-state index in [2.05, 4.69) is 19.6 Å². The second-order valence-corrected chi connectivity index (χ2v) is 12.4. The SMILES string of the molecule is C[Si](C)(C)SC(N)=S. The minimum Gasteiger partial charge on any atom is -0.385 e. The van der Waals surface area contributed by atoms with Gasteiger partial charge in [0.15, 0.2) is 0 Å². The van der Waals surface area contributed by atoms with E-state index in [0.717, 1.165) is 0 Å². The van der Waals surface area contributed by atoms with E-state index in [1.165, 1.54) is 0 Å². The Morgan fingerprint density at radius 1 is 1.50 bits per heavy atom. The molecule has 0 radical (unpaired) electrons. The van der Waals surface area contributed by atoms with Gasteiger partial charge < -0.3 is 5.73 Å². The number of rotatable bonds is 1. The lowest BCUT2D eigenvalue weighted by Crippen LogP contribution is -2.20. The van der Waals surface area contributed by atoms with E-state index in [-0.39, 0.29) is 0 Å². The predicted octanol–water partition coefficient (Wildman–Crippen LogP) is 1.80. The summed E-state index contributed by atoms with van der Waals surface area (Å²) < 4.78 is 0.587. The van der Waals surface area contributed by atoms with Gasteiger partial charge in [0.05, 0.1) is 0 Å². The Morgan fingerprint density at radius 2 is 1.88 bits per heavy atom. The van der Waals surface area contributed by atoms with Crippen molar-refractivity contribution < 1.29 is 0 Å². The van der Waals surface area contributed by atoms with Gasteiger partial charge >= 0.3 is 0 Å². The van der Waals surface area contributed by atoms with Crippen LogP contribution in [0.25, 0.3) is 0 Å². The largest absolute Gasteiger partial charge is 0.385 e. The molecule has 4 heteroatoms. The molecule has 0 fully saturated rings. The van der Waals surface area contributed by atoms with Crippen molar-refractivity contribution in [3.8, 4) is 0 Å². The molecule has 0 saturated heterocycles. The third-order valence-corrected chi connectivity index (χ3v) is 4.41. The quantitative estimate of drug-likeness (QED) is 0.474. The predicted molar refractivity (Wildman–Crippen MR) is 47.7 cm³/mol. The molecule has 0 aromatic rings. The highest BCUT2D eigenvalue weighted by atomic mass is 32.4. The lowest BCUT2D eigenvalue weighted by Gasteiger charge is -2.12. The summed E-state index contributed by atoms with van der Waals surface area (Å²) in [4.78, 5) is 0. The molecular formula is C4H11NS2Si. The van der Waals surface area contributed by atoms with Crippen LogP contribution in [0.15, 0.2) is 0 Å². The van der Waals surface area contributed by atoms with Crippen molar-refractivity contribution in [2.45, 2.75) is 19.6 Å². The summed E-state index contributed by atoms with van der Waals surface area (Å²) in [5.41, 5.74) is 5.31. The summed E-state index contributed by atoms with van der Waals surface area (Å²) in [6, 6.07) is 0. The fraction of sp³-hybridized carbons (Fsp3) is 0.750. The summed E-state index contributed by atoms with van der Waals surface area (Å²) in [5.74, 6) is 0. The molecule has 0 aliphatic heterocycles. The van der Waals surface area contributed by atoms with Gasteiger partial charge in [-0.1, -0.05) is 31.9 Å². The van der Waals surface area contributed by atoms with Crippen LogP contribution < -0.4 is 5.73 Å². The molecule has 48 valence electrons. The molecule has 0 aromatic heterocycles. The number of hydrogen-bond donors (Lipinski definition) is 1. The topological polar surface area (TPSA) is 26.0 Å². The lowest BCUT2D eigenvalue weighted by atomic mass is 11.5. The van der Waals surface area contributed by atoms with E-state index < -0.39 is 7.22 Å². The molecule has 0 unspecified atom stereocenters. The van der Waals surface area contributed by atoms with Gasteiger partial charge in [-0.25, -0.2) is 0 Å². The van der Waals surface area contributed by atoms with Crippen LogP contribution in [0.4, 0.5) is 0 Å². The number of thiocarbonyl (C=S) groups is 1. The van der Waals surface area contributed by atoms with E-state index in [0.29, 0.717) is 4.32 Å². The van der Waals surface area contributed by atoms with Crippen LogP contribution in [0.3, 0.4) is 0 Å². The highest BCUT2D eigenvalue weighted by Gasteiger charge is 2.14. The third kappa shape index (κ3) is 6.46. The molecule has 0 amide bonds. The molecule has 0 aromatic carbocycles. The van der Waals surface area contributed by atoms with Gasteiger partial charge in [0.1, 0.15) is 11.5 Å². The van der Waals surface area contributed by atoms with Crippen LogP contribution in [0.2, 0.25) is 19.6 Å². The van der Waals surface area contributed by atoms with Crippen LogP contribution in [0.1, 0.15) is 0 Å². The van der Waals surface area contributed by atoms with Crippen molar-refractivity contribution in [1.29, 1.82) is 0 Å². The number of nitrogens with two attached hydrogens (primary N) is 1. The molecule has 0 rings (SSSR count). The van der Waals surface area contributed by atoms with Crippen molar-refractivity contribution in [2.75, 3.05) is 0 Å². The average Bonchev–Trinajstić information content (AvgIpc) is 1.21. The van der Waals surface area contributed by atoms with Crippen molar-refractivity contribution in [3.05, 3.63) is 0 Å². The summed E-state index contributed by atoms with van der Waals surface area (Å²) in [5, 5.41) is 0. The monoisotopic (exact) mass is 165 g/mol. The van der Waals surface area contributed by atoms with Gasteiger partial charge in [0.25, 0.3) is 0 Å². The van der Waals surface area contributed by atoms with Gasteiger partial charge in [-0.05, 0) is 0 Å². The Labute approximate surface area is 60.7 Å². The van der Waals surface area contributed by atoms with Gasteiger partial charge in [0, 0.05) is 0 Å². The Morgan fingerprint density at radius 3 is 1.88 bits per heavy atom. The van der Waals surface area contributed by atoms with Crippen LogP contribution in [0.5, 0.6) is 0 Å². The zero-order chi connectivity index (χ0) is 6.78. The van der Waals surface area contributed by atoms with Crippen LogP contribution in [-0.2, 0) is 0 Å². The number of hydrogen-bond acceptors (Lipinski definition) is 2. The van der Waals surface area contributed by atoms with Crippen LogP contribution in [-0.4, -0.2) is 11.5 Å². The second-order valence-electron chi connectivity index (χ2n) is 2.53. The first-order chi connectivity index (χ1) is 3.42.